The fourth-order valence-electron chi connectivity index (χ4n) is 5.33. The van der Waals surface area contributed by atoms with Crippen molar-refractivity contribution in [2.24, 2.45) is 0 Å². The quantitative estimate of drug-likeness (QED) is 0.153. The molecule has 0 saturated heterocycles. The van der Waals surface area contributed by atoms with Crippen LogP contribution in [0.5, 0.6) is 0 Å². The van der Waals surface area contributed by atoms with Crippen molar-refractivity contribution in [1.82, 2.24) is 4.31 Å². The van der Waals surface area contributed by atoms with Crippen LogP contribution >= 0.6 is 0 Å². The monoisotopic (exact) mass is 665 g/mol. The largest absolute Gasteiger partial charge is 0.416 e. The van der Waals surface area contributed by atoms with Gasteiger partial charge in [-0.1, -0.05) is 91.0 Å². The molecular formula is C35H30F3NO5S2. The molecule has 0 aliphatic heterocycles. The lowest BCUT2D eigenvalue weighted by molar-refractivity contribution is -0.137. The number of fused-ring (bicyclic) bond motifs is 1. The molecule has 0 bridgehead atoms. The van der Waals surface area contributed by atoms with Crippen molar-refractivity contribution < 1.29 is 34.8 Å². The van der Waals surface area contributed by atoms with Crippen LogP contribution in [0.3, 0.4) is 0 Å². The first-order valence-corrected chi connectivity index (χ1v) is 17.3. The van der Waals surface area contributed by atoms with Crippen LogP contribution in [0.2, 0.25) is 0 Å². The van der Waals surface area contributed by atoms with Gasteiger partial charge in [0, 0.05) is 18.5 Å². The van der Waals surface area contributed by atoms with E-state index < -0.39 is 43.1 Å². The summed E-state index contributed by atoms with van der Waals surface area (Å²) in [5.74, 6) is -1.08. The highest BCUT2D eigenvalue weighted by Crippen LogP contribution is 2.33. The summed E-state index contributed by atoms with van der Waals surface area (Å²) in [6.07, 6.45) is -4.59. The molecule has 0 saturated carbocycles. The Morgan fingerprint density at radius 3 is 2.09 bits per heavy atom. The summed E-state index contributed by atoms with van der Waals surface area (Å²) in [6, 6.07) is 28.2. The number of hydrogen-bond acceptors (Lipinski definition) is 5. The molecule has 0 amide bonds. The van der Waals surface area contributed by atoms with E-state index in [4.69, 9.17) is 0 Å². The third kappa shape index (κ3) is 7.22. The highest BCUT2D eigenvalue weighted by Gasteiger charge is 2.32. The van der Waals surface area contributed by atoms with Gasteiger partial charge in [0.15, 0.2) is 9.84 Å². The molecule has 0 radical (unpaired) electrons. The molecule has 0 heterocycles. The second-order valence-corrected chi connectivity index (χ2v) is 15.0. The first-order chi connectivity index (χ1) is 21.6. The van der Waals surface area contributed by atoms with E-state index in [0.29, 0.717) is 33.0 Å². The number of halogens is 3. The fraction of sp³-hybridized carbons (Fsp3) is 0.171. The van der Waals surface area contributed by atoms with Gasteiger partial charge in [-0.15, -0.1) is 0 Å². The van der Waals surface area contributed by atoms with Crippen molar-refractivity contribution >= 4 is 36.4 Å². The van der Waals surface area contributed by atoms with Crippen LogP contribution in [-0.4, -0.2) is 32.7 Å². The third-order valence-corrected chi connectivity index (χ3v) is 11.3. The predicted octanol–water partition coefficient (Wildman–Crippen LogP) is 7.59. The molecule has 0 aliphatic rings. The number of sulfone groups is 1. The van der Waals surface area contributed by atoms with Gasteiger partial charge < -0.3 is 0 Å². The van der Waals surface area contributed by atoms with Crippen LogP contribution < -0.4 is 0 Å². The maximum Gasteiger partial charge on any atom is 0.416 e. The standard InChI is InChI=1S/C35H30F3NO5S2/c1-24-13-16-29-8-3-4-12-33(29)34(24)46(43,44)39(22-27-7-5-10-31(19-27)35(36,37)38)21-26-14-17-28(18-15-26)30-9-6-11-32(20-30)45(41,42)23-25(2)40/h3-20H,21-23H2,1-2H3. The number of hydrogen-bond donors (Lipinski definition) is 0. The Kier molecular flexibility index (Phi) is 9.21. The number of carbonyl (C=O) groups is 1. The van der Waals surface area contributed by atoms with Gasteiger partial charge in [-0.2, -0.15) is 17.5 Å². The second kappa shape index (κ2) is 12.8. The molecule has 0 aliphatic carbocycles. The zero-order valence-corrected chi connectivity index (χ0v) is 26.6. The first kappa shape index (κ1) is 33.1. The lowest BCUT2D eigenvalue weighted by atomic mass is 10.0. The Balaban J connectivity index is 1.53. The molecule has 0 unspecified atom stereocenters. The molecule has 5 aromatic carbocycles. The highest BCUT2D eigenvalue weighted by atomic mass is 32.2. The van der Waals surface area contributed by atoms with Crippen molar-refractivity contribution in [1.29, 1.82) is 0 Å². The number of carbonyl (C=O) groups excluding carboxylic acids is 1. The molecular weight excluding hydrogens is 636 g/mol. The molecule has 46 heavy (non-hydrogen) atoms. The van der Waals surface area contributed by atoms with Gasteiger partial charge in [0.25, 0.3) is 0 Å². The molecule has 0 N–H and O–H groups in total. The van der Waals surface area contributed by atoms with Crippen LogP contribution in [-0.2, 0) is 43.9 Å². The summed E-state index contributed by atoms with van der Waals surface area (Å²) in [5.41, 5.74) is 1.61. The van der Waals surface area contributed by atoms with E-state index in [2.05, 4.69) is 0 Å². The summed E-state index contributed by atoms with van der Waals surface area (Å²) >= 11 is 0. The zero-order valence-electron chi connectivity index (χ0n) is 25.0. The smallest absolute Gasteiger partial charge is 0.299 e. The Morgan fingerprint density at radius 2 is 1.39 bits per heavy atom. The Labute approximate surface area is 266 Å². The lowest BCUT2D eigenvalue weighted by Crippen LogP contribution is -2.31. The minimum atomic E-state index is -4.59. The van der Waals surface area contributed by atoms with Crippen LogP contribution in [0.1, 0.15) is 29.2 Å². The number of rotatable bonds is 10. The summed E-state index contributed by atoms with van der Waals surface area (Å²) in [7, 11) is -8.05. The summed E-state index contributed by atoms with van der Waals surface area (Å²) < 4.78 is 95.7. The van der Waals surface area contributed by atoms with Gasteiger partial charge >= 0.3 is 6.18 Å². The first-order valence-electron chi connectivity index (χ1n) is 14.2. The molecule has 0 fully saturated rings. The zero-order chi connectivity index (χ0) is 33.3. The molecule has 5 rings (SSSR count). The minimum Gasteiger partial charge on any atom is -0.299 e. The molecule has 0 atom stereocenters. The Morgan fingerprint density at radius 1 is 0.717 bits per heavy atom. The number of aryl methyl sites for hydroxylation is 1. The average Bonchev–Trinajstić information content (AvgIpc) is 3.00. The molecule has 5 aromatic rings. The Bertz CT molecular complexity index is 2140. The van der Waals surface area contributed by atoms with Crippen molar-refractivity contribution in [2.45, 2.75) is 42.9 Å². The van der Waals surface area contributed by atoms with Crippen molar-refractivity contribution in [3.63, 3.8) is 0 Å². The van der Waals surface area contributed by atoms with Gasteiger partial charge in [0.1, 0.15) is 11.5 Å². The van der Waals surface area contributed by atoms with Crippen LogP contribution in [0, 0.1) is 6.92 Å². The summed E-state index contributed by atoms with van der Waals surface area (Å²) in [6.45, 7) is 2.43. The van der Waals surface area contributed by atoms with Gasteiger partial charge in [0.05, 0.1) is 15.4 Å². The van der Waals surface area contributed by atoms with E-state index in [9.17, 15) is 34.8 Å². The number of alkyl halides is 3. The van der Waals surface area contributed by atoms with Crippen LogP contribution in [0.4, 0.5) is 13.2 Å². The maximum atomic E-state index is 14.4. The van der Waals surface area contributed by atoms with E-state index in [1.54, 1.807) is 73.7 Å². The maximum absolute atomic E-state index is 14.4. The number of benzene rings is 5. The summed E-state index contributed by atoms with van der Waals surface area (Å²) in [5, 5.41) is 1.22. The van der Waals surface area contributed by atoms with E-state index >= 15 is 0 Å². The molecule has 11 heteroatoms. The fourth-order valence-corrected chi connectivity index (χ4v) is 8.45. The predicted molar refractivity (Wildman–Crippen MR) is 171 cm³/mol. The molecule has 6 nitrogen and oxygen atoms in total. The number of Topliss-reactive ketones (excluding diaryl/α,β-unsaturated/α-hetero) is 1. The van der Waals surface area contributed by atoms with E-state index in [0.717, 1.165) is 12.1 Å². The van der Waals surface area contributed by atoms with Crippen LogP contribution in [0.25, 0.3) is 21.9 Å². The highest BCUT2D eigenvalue weighted by molar-refractivity contribution is 7.92. The third-order valence-electron chi connectivity index (χ3n) is 7.52. The van der Waals surface area contributed by atoms with Crippen molar-refractivity contribution in [2.75, 3.05) is 5.75 Å². The van der Waals surface area contributed by atoms with Crippen LogP contribution in [0.15, 0.2) is 119 Å². The van der Waals surface area contributed by atoms with Gasteiger partial charge in [0.2, 0.25) is 10.0 Å². The van der Waals surface area contributed by atoms with E-state index in [-0.39, 0.29) is 28.4 Å². The number of sulfonamides is 1. The number of nitrogens with zero attached hydrogens (tertiary/aromatic N) is 1. The Hall–Kier alpha value is -4.32. The average molecular weight is 666 g/mol. The lowest BCUT2D eigenvalue weighted by Gasteiger charge is -2.25. The van der Waals surface area contributed by atoms with Gasteiger partial charge in [-0.25, -0.2) is 16.8 Å². The van der Waals surface area contributed by atoms with E-state index in [1.807, 2.05) is 6.07 Å². The van der Waals surface area contributed by atoms with Crippen molar-refractivity contribution in [3.05, 3.63) is 131 Å². The van der Waals surface area contributed by atoms with E-state index in [1.165, 1.54) is 35.5 Å². The number of ketones is 1. The normalized spacial score (nSPS) is 12.5. The SMILES string of the molecule is CC(=O)CS(=O)(=O)c1cccc(-c2ccc(CN(Cc3cccc(C(F)(F)F)c3)S(=O)(=O)c3c(C)ccc4ccccc34)cc2)c1. The topological polar surface area (TPSA) is 88.6 Å². The second-order valence-electron chi connectivity index (χ2n) is 11.1. The molecule has 0 aromatic heterocycles. The van der Waals surface area contributed by atoms with Gasteiger partial charge in [-0.05, 0) is 65.3 Å². The van der Waals surface area contributed by atoms with Gasteiger partial charge in [-0.3, -0.25) is 4.79 Å². The minimum absolute atomic E-state index is 0.00749. The summed E-state index contributed by atoms with van der Waals surface area (Å²) in [4.78, 5) is 11.5. The van der Waals surface area contributed by atoms with Crippen molar-refractivity contribution in [3.8, 4) is 11.1 Å². The molecule has 238 valence electrons. The molecule has 0 spiro atoms.